The molecule has 15 heavy (non-hydrogen) atoms. The summed E-state index contributed by atoms with van der Waals surface area (Å²) in [5.41, 5.74) is 1.37. The Kier molecular flexibility index (Phi) is 3.08. The predicted molar refractivity (Wildman–Crippen MR) is 58.1 cm³/mol. The molecule has 2 aromatic heterocycles. The Balaban J connectivity index is 2.17. The molecule has 0 N–H and O–H groups in total. The lowest BCUT2D eigenvalue weighted by Gasteiger charge is -1.95. The highest BCUT2D eigenvalue weighted by Gasteiger charge is 2.06. The summed E-state index contributed by atoms with van der Waals surface area (Å²) in [7, 11) is 0. The first kappa shape index (κ1) is 9.84. The van der Waals surface area contributed by atoms with Gasteiger partial charge in [-0.3, -0.25) is 0 Å². The molecule has 0 amide bonds. The van der Waals surface area contributed by atoms with Gasteiger partial charge in [-0.25, -0.2) is 0 Å². The van der Waals surface area contributed by atoms with Gasteiger partial charge in [-0.1, -0.05) is 13.0 Å². The van der Waals surface area contributed by atoms with Crippen molar-refractivity contribution in [1.82, 2.24) is 0 Å². The van der Waals surface area contributed by atoms with E-state index < -0.39 is 0 Å². The molecule has 2 heteroatoms. The molecule has 0 saturated carbocycles. The largest absolute Gasteiger partial charge is 0.343 e. The molecule has 76 valence electrons. The van der Waals surface area contributed by atoms with E-state index in [2.05, 4.69) is 53.0 Å². The van der Waals surface area contributed by atoms with Crippen LogP contribution >= 0.6 is 0 Å². The van der Waals surface area contributed by atoms with Crippen LogP contribution in [0.2, 0.25) is 0 Å². The second kappa shape index (κ2) is 4.69. The van der Waals surface area contributed by atoms with Gasteiger partial charge >= 0.3 is 6.67 Å². The van der Waals surface area contributed by atoms with E-state index >= 15 is 0 Å². The molecule has 2 heterocycles. The molecule has 0 spiro atoms. The first-order valence-electron chi connectivity index (χ1n) is 5.30. The zero-order chi connectivity index (χ0) is 10.5. The van der Waals surface area contributed by atoms with Gasteiger partial charge in [-0.15, -0.1) is 9.13 Å². The van der Waals surface area contributed by atoms with Crippen LogP contribution < -0.4 is 9.13 Å². The summed E-state index contributed by atoms with van der Waals surface area (Å²) in [5, 5.41) is 0. The average molecular weight is 200 g/mol. The van der Waals surface area contributed by atoms with Gasteiger partial charge in [0, 0.05) is 23.8 Å². The monoisotopic (exact) mass is 200 g/mol. The van der Waals surface area contributed by atoms with Crippen LogP contribution in [0.25, 0.3) is 0 Å². The molecular weight excluding hydrogens is 184 g/mol. The van der Waals surface area contributed by atoms with Gasteiger partial charge in [-0.05, 0) is 12.5 Å². The van der Waals surface area contributed by atoms with E-state index in [9.17, 15) is 0 Å². The Bertz CT molecular complexity index is 424. The summed E-state index contributed by atoms with van der Waals surface area (Å²) in [4.78, 5) is 0. The van der Waals surface area contributed by atoms with Crippen molar-refractivity contribution in [2.75, 3.05) is 0 Å². The molecule has 0 aliphatic heterocycles. The molecule has 2 aromatic rings. The number of hydrogen-bond donors (Lipinski definition) is 0. The Morgan fingerprint density at radius 3 is 2.40 bits per heavy atom. The van der Waals surface area contributed by atoms with E-state index in [1.165, 1.54) is 5.56 Å². The maximum Gasteiger partial charge on any atom is 0.343 e. The fourth-order valence-corrected chi connectivity index (χ4v) is 1.59. The van der Waals surface area contributed by atoms with Crippen molar-refractivity contribution >= 4 is 0 Å². The minimum Gasteiger partial charge on any atom is -0.147 e. The first-order valence-corrected chi connectivity index (χ1v) is 5.30. The van der Waals surface area contributed by atoms with Crippen molar-refractivity contribution in [2.45, 2.75) is 20.0 Å². The van der Waals surface area contributed by atoms with E-state index in [1.54, 1.807) is 0 Å². The number of hydrogen-bond acceptors (Lipinski definition) is 0. The van der Waals surface area contributed by atoms with Crippen LogP contribution in [0.1, 0.15) is 12.5 Å². The summed E-state index contributed by atoms with van der Waals surface area (Å²) in [6.07, 6.45) is 9.52. The van der Waals surface area contributed by atoms with Gasteiger partial charge < -0.3 is 0 Å². The number of aryl methyl sites for hydroxylation is 1. The fourth-order valence-electron chi connectivity index (χ4n) is 1.59. The molecule has 0 fully saturated rings. The van der Waals surface area contributed by atoms with Crippen LogP contribution in [-0.4, -0.2) is 0 Å². The summed E-state index contributed by atoms with van der Waals surface area (Å²) in [6, 6.07) is 10.4. The van der Waals surface area contributed by atoms with E-state index in [4.69, 9.17) is 0 Å². The smallest absolute Gasteiger partial charge is 0.147 e. The third kappa shape index (κ3) is 2.62. The molecule has 0 aromatic carbocycles. The lowest BCUT2D eigenvalue weighted by molar-refractivity contribution is -0.913. The first-order chi connectivity index (χ1) is 7.38. The van der Waals surface area contributed by atoms with Gasteiger partial charge in [0.25, 0.3) is 0 Å². The minimum absolute atomic E-state index is 0.870. The van der Waals surface area contributed by atoms with Crippen LogP contribution in [0.5, 0.6) is 0 Å². The SMILES string of the molecule is CCc1ccc[n+](C[n+]2ccccc2)c1. The van der Waals surface area contributed by atoms with Crippen molar-refractivity contribution in [2.24, 2.45) is 0 Å². The van der Waals surface area contributed by atoms with Crippen LogP contribution in [0.4, 0.5) is 0 Å². The zero-order valence-corrected chi connectivity index (χ0v) is 9.00. The predicted octanol–water partition coefficient (Wildman–Crippen LogP) is 1.33. The highest BCUT2D eigenvalue weighted by Crippen LogP contribution is 1.93. The fraction of sp³-hybridized carbons (Fsp3) is 0.231. The van der Waals surface area contributed by atoms with Gasteiger partial charge in [-0.2, -0.15) is 0 Å². The number of nitrogens with zero attached hydrogens (tertiary/aromatic N) is 2. The Hall–Kier alpha value is -1.70. The number of aromatic nitrogens is 2. The summed E-state index contributed by atoms with van der Waals surface area (Å²) < 4.78 is 4.35. The summed E-state index contributed by atoms with van der Waals surface area (Å²) in [5.74, 6) is 0. The van der Waals surface area contributed by atoms with E-state index in [-0.39, 0.29) is 0 Å². The third-order valence-electron chi connectivity index (χ3n) is 2.43. The van der Waals surface area contributed by atoms with Crippen molar-refractivity contribution in [3.05, 3.63) is 60.7 Å². The quantitative estimate of drug-likeness (QED) is 0.660. The summed E-state index contributed by atoms with van der Waals surface area (Å²) >= 11 is 0. The molecule has 2 nitrogen and oxygen atoms in total. The topological polar surface area (TPSA) is 7.76 Å². The Labute approximate surface area is 90.4 Å². The highest BCUT2D eigenvalue weighted by atomic mass is 15.1. The number of rotatable bonds is 3. The molecule has 0 aliphatic carbocycles. The standard InChI is InChI=1S/C13H16N2/c1-2-13-7-6-10-15(11-13)12-14-8-4-3-5-9-14/h3-11H,2,12H2,1H3/q+2. The lowest BCUT2D eigenvalue weighted by Crippen LogP contribution is -2.50. The normalized spacial score (nSPS) is 10.2. The van der Waals surface area contributed by atoms with Crippen LogP contribution in [0, 0.1) is 0 Å². The Morgan fingerprint density at radius 1 is 0.933 bits per heavy atom. The van der Waals surface area contributed by atoms with Gasteiger partial charge in [0.2, 0.25) is 0 Å². The van der Waals surface area contributed by atoms with Crippen LogP contribution in [0.3, 0.4) is 0 Å². The van der Waals surface area contributed by atoms with Gasteiger partial charge in [0.15, 0.2) is 24.8 Å². The third-order valence-corrected chi connectivity index (χ3v) is 2.43. The molecule has 0 unspecified atom stereocenters. The van der Waals surface area contributed by atoms with E-state index in [0.717, 1.165) is 13.1 Å². The van der Waals surface area contributed by atoms with Gasteiger partial charge in [0.05, 0.1) is 0 Å². The van der Waals surface area contributed by atoms with Crippen molar-refractivity contribution in [3.63, 3.8) is 0 Å². The van der Waals surface area contributed by atoms with E-state index in [0.29, 0.717) is 0 Å². The number of pyridine rings is 2. The summed E-state index contributed by atoms with van der Waals surface area (Å²) in [6.45, 7) is 3.05. The van der Waals surface area contributed by atoms with Crippen LogP contribution in [0.15, 0.2) is 55.1 Å². The second-order valence-electron chi connectivity index (χ2n) is 3.61. The molecule has 0 radical (unpaired) electrons. The van der Waals surface area contributed by atoms with E-state index in [1.807, 2.05) is 18.2 Å². The Morgan fingerprint density at radius 2 is 1.67 bits per heavy atom. The van der Waals surface area contributed by atoms with Crippen molar-refractivity contribution < 1.29 is 9.13 Å². The van der Waals surface area contributed by atoms with Crippen molar-refractivity contribution in [1.29, 1.82) is 0 Å². The highest BCUT2D eigenvalue weighted by molar-refractivity contribution is 5.04. The average Bonchev–Trinajstić information content (AvgIpc) is 2.31. The lowest BCUT2D eigenvalue weighted by atomic mass is 10.2. The maximum atomic E-state index is 2.19. The maximum absolute atomic E-state index is 2.19. The molecular formula is C13H16N2+2. The second-order valence-corrected chi connectivity index (χ2v) is 3.61. The molecule has 0 atom stereocenters. The van der Waals surface area contributed by atoms with Crippen molar-refractivity contribution in [3.8, 4) is 0 Å². The van der Waals surface area contributed by atoms with Crippen LogP contribution in [-0.2, 0) is 13.1 Å². The zero-order valence-electron chi connectivity index (χ0n) is 9.00. The molecule has 0 saturated heterocycles. The minimum atomic E-state index is 0.870. The molecule has 0 bridgehead atoms. The van der Waals surface area contributed by atoms with Gasteiger partial charge in [0.1, 0.15) is 0 Å². The molecule has 0 aliphatic rings. The molecule has 2 rings (SSSR count).